The summed E-state index contributed by atoms with van der Waals surface area (Å²) < 4.78 is 0. The van der Waals surface area contributed by atoms with E-state index in [4.69, 9.17) is 29.0 Å². The van der Waals surface area contributed by atoms with Crippen molar-refractivity contribution in [3.63, 3.8) is 0 Å². The van der Waals surface area contributed by atoms with E-state index in [2.05, 4.69) is 30.5 Å². The summed E-state index contributed by atoms with van der Waals surface area (Å²) in [7, 11) is 0. The van der Waals surface area contributed by atoms with Gasteiger partial charge in [0.15, 0.2) is 0 Å². The molecule has 4 heteroatoms. The Bertz CT molecular complexity index is 584. The molecule has 1 unspecified atom stereocenters. The minimum absolute atomic E-state index is 0.0587. The number of nitrogens with one attached hydrogen (secondary N) is 1. The van der Waals surface area contributed by atoms with Gasteiger partial charge in [-0.1, -0.05) is 60.5 Å². The van der Waals surface area contributed by atoms with Gasteiger partial charge in [0.2, 0.25) is 0 Å². The normalized spacial score (nSPS) is 12.4. The van der Waals surface area contributed by atoms with Gasteiger partial charge in [0.25, 0.3) is 0 Å². The molecule has 1 atom stereocenters. The molecule has 106 valence electrons. The van der Waals surface area contributed by atoms with Gasteiger partial charge >= 0.3 is 0 Å². The average molecular weight is 309 g/mol. The minimum atomic E-state index is 0.0587. The first-order chi connectivity index (χ1) is 9.65. The highest BCUT2D eigenvalue weighted by atomic mass is 35.5. The van der Waals surface area contributed by atoms with Gasteiger partial charge in [-0.15, -0.1) is 0 Å². The summed E-state index contributed by atoms with van der Waals surface area (Å²) in [4.78, 5) is 0. The summed E-state index contributed by atoms with van der Waals surface area (Å²) in [6, 6.07) is 14.1. The first-order valence-electron chi connectivity index (χ1n) is 6.63. The molecule has 2 rings (SSSR count). The molecule has 0 aromatic heterocycles. The summed E-state index contributed by atoms with van der Waals surface area (Å²) in [6.07, 6.45) is 1.75. The largest absolute Gasteiger partial charge is 0.271 e. The molecule has 2 aromatic carbocycles. The van der Waals surface area contributed by atoms with Crippen LogP contribution in [0.4, 0.5) is 0 Å². The fraction of sp³-hybridized carbons (Fsp3) is 0.250. The predicted octanol–water partition coefficient (Wildman–Crippen LogP) is 4.30. The smallest absolute Gasteiger partial charge is 0.0595 e. The zero-order valence-corrected chi connectivity index (χ0v) is 12.9. The highest BCUT2D eigenvalue weighted by Crippen LogP contribution is 2.26. The van der Waals surface area contributed by atoms with Crippen molar-refractivity contribution >= 4 is 23.2 Å². The molecule has 0 aliphatic carbocycles. The number of hydrogen-bond acceptors (Lipinski definition) is 2. The van der Waals surface area contributed by atoms with Crippen molar-refractivity contribution < 1.29 is 0 Å². The lowest BCUT2D eigenvalue weighted by Crippen LogP contribution is -2.30. The average Bonchev–Trinajstić information content (AvgIpc) is 2.48. The van der Waals surface area contributed by atoms with Crippen molar-refractivity contribution in [2.75, 3.05) is 0 Å². The van der Waals surface area contributed by atoms with Gasteiger partial charge in [0, 0.05) is 0 Å². The van der Waals surface area contributed by atoms with Crippen LogP contribution >= 0.6 is 23.2 Å². The molecule has 0 amide bonds. The van der Waals surface area contributed by atoms with E-state index in [0.717, 1.165) is 18.4 Å². The Kier molecular flexibility index (Phi) is 5.44. The second kappa shape index (κ2) is 7.09. The van der Waals surface area contributed by atoms with Gasteiger partial charge in [0.05, 0.1) is 16.1 Å². The molecule has 0 fully saturated rings. The van der Waals surface area contributed by atoms with Gasteiger partial charge < -0.3 is 0 Å². The van der Waals surface area contributed by atoms with E-state index in [0.29, 0.717) is 10.0 Å². The molecular formula is C16H18Cl2N2. The van der Waals surface area contributed by atoms with Crippen molar-refractivity contribution in [2.24, 2.45) is 5.84 Å². The van der Waals surface area contributed by atoms with E-state index in [1.165, 1.54) is 11.1 Å². The molecule has 2 nitrogen and oxygen atoms in total. The predicted molar refractivity (Wildman–Crippen MR) is 86.1 cm³/mol. The van der Waals surface area contributed by atoms with E-state index in [-0.39, 0.29) is 6.04 Å². The van der Waals surface area contributed by atoms with Crippen LogP contribution in [0.5, 0.6) is 0 Å². The van der Waals surface area contributed by atoms with Crippen LogP contribution < -0.4 is 11.3 Å². The molecule has 0 radical (unpaired) electrons. The lowest BCUT2D eigenvalue weighted by Gasteiger charge is -2.19. The van der Waals surface area contributed by atoms with Gasteiger partial charge in [0.1, 0.15) is 0 Å². The number of aryl methyl sites for hydroxylation is 1. The fourth-order valence-electron chi connectivity index (χ4n) is 2.36. The Balaban J connectivity index is 2.26. The maximum absolute atomic E-state index is 6.06. The SMILES string of the molecule is CCc1ccccc1C(Cc1ccc(Cl)c(Cl)c1)NN. The summed E-state index contributed by atoms with van der Waals surface area (Å²) in [5.41, 5.74) is 6.53. The van der Waals surface area contributed by atoms with Crippen LogP contribution in [0.3, 0.4) is 0 Å². The third-order valence-corrected chi connectivity index (χ3v) is 4.18. The van der Waals surface area contributed by atoms with E-state index in [1.54, 1.807) is 0 Å². The third kappa shape index (κ3) is 3.53. The zero-order valence-electron chi connectivity index (χ0n) is 11.4. The molecule has 0 heterocycles. The van der Waals surface area contributed by atoms with Crippen LogP contribution in [0.2, 0.25) is 10.0 Å². The van der Waals surface area contributed by atoms with E-state index in [1.807, 2.05) is 24.3 Å². The standard InChI is InChI=1S/C16H18Cl2N2/c1-2-12-5-3-4-6-13(12)16(20-19)10-11-7-8-14(17)15(18)9-11/h3-9,16,20H,2,10,19H2,1H3. The molecular weight excluding hydrogens is 291 g/mol. The Morgan fingerprint density at radius 3 is 2.50 bits per heavy atom. The van der Waals surface area contributed by atoms with Crippen molar-refractivity contribution in [1.29, 1.82) is 0 Å². The molecule has 20 heavy (non-hydrogen) atoms. The summed E-state index contributed by atoms with van der Waals surface area (Å²) >= 11 is 12.0. The van der Waals surface area contributed by atoms with Crippen LogP contribution in [0, 0.1) is 0 Å². The molecule has 0 saturated carbocycles. The van der Waals surface area contributed by atoms with Crippen LogP contribution in [-0.2, 0) is 12.8 Å². The second-order valence-corrected chi connectivity index (χ2v) is 5.54. The molecule has 2 aromatic rings. The lowest BCUT2D eigenvalue weighted by molar-refractivity contribution is 0.548. The zero-order chi connectivity index (χ0) is 14.5. The highest BCUT2D eigenvalue weighted by Gasteiger charge is 2.14. The maximum Gasteiger partial charge on any atom is 0.0595 e. The minimum Gasteiger partial charge on any atom is -0.271 e. The van der Waals surface area contributed by atoms with Gasteiger partial charge in [-0.05, 0) is 41.7 Å². The van der Waals surface area contributed by atoms with Crippen LogP contribution in [0.1, 0.15) is 29.7 Å². The fourth-order valence-corrected chi connectivity index (χ4v) is 2.68. The van der Waals surface area contributed by atoms with Crippen molar-refractivity contribution in [3.8, 4) is 0 Å². The van der Waals surface area contributed by atoms with Crippen LogP contribution in [-0.4, -0.2) is 0 Å². The van der Waals surface area contributed by atoms with Gasteiger partial charge in [-0.3, -0.25) is 11.3 Å². The Hall–Kier alpha value is -1.06. The Morgan fingerprint density at radius 2 is 1.85 bits per heavy atom. The molecule has 0 bridgehead atoms. The third-order valence-electron chi connectivity index (χ3n) is 3.44. The molecule has 3 N–H and O–H groups in total. The number of nitrogens with two attached hydrogens (primary N) is 1. The summed E-state index contributed by atoms with van der Waals surface area (Å²) in [6.45, 7) is 2.14. The van der Waals surface area contributed by atoms with Gasteiger partial charge in [-0.2, -0.15) is 0 Å². The first kappa shape index (κ1) is 15.3. The molecule has 0 aliphatic heterocycles. The van der Waals surface area contributed by atoms with Crippen molar-refractivity contribution in [2.45, 2.75) is 25.8 Å². The molecule has 0 saturated heterocycles. The van der Waals surface area contributed by atoms with E-state index >= 15 is 0 Å². The highest BCUT2D eigenvalue weighted by molar-refractivity contribution is 6.42. The van der Waals surface area contributed by atoms with Crippen molar-refractivity contribution in [1.82, 2.24) is 5.43 Å². The number of benzene rings is 2. The summed E-state index contributed by atoms with van der Waals surface area (Å²) in [5, 5.41) is 1.14. The molecule has 0 aliphatic rings. The van der Waals surface area contributed by atoms with Gasteiger partial charge in [-0.25, -0.2) is 0 Å². The molecule has 0 spiro atoms. The van der Waals surface area contributed by atoms with Crippen LogP contribution in [0.25, 0.3) is 0 Å². The van der Waals surface area contributed by atoms with Crippen molar-refractivity contribution in [3.05, 3.63) is 69.2 Å². The number of hydrazine groups is 1. The topological polar surface area (TPSA) is 38.0 Å². The second-order valence-electron chi connectivity index (χ2n) is 4.72. The Morgan fingerprint density at radius 1 is 1.10 bits per heavy atom. The monoisotopic (exact) mass is 308 g/mol. The maximum atomic E-state index is 6.06. The van der Waals surface area contributed by atoms with Crippen LogP contribution in [0.15, 0.2) is 42.5 Å². The first-order valence-corrected chi connectivity index (χ1v) is 7.39. The van der Waals surface area contributed by atoms with E-state index < -0.39 is 0 Å². The quantitative estimate of drug-likeness (QED) is 0.638. The summed E-state index contributed by atoms with van der Waals surface area (Å²) in [5.74, 6) is 5.74. The van der Waals surface area contributed by atoms with E-state index in [9.17, 15) is 0 Å². The lowest BCUT2D eigenvalue weighted by atomic mass is 9.94. The number of halogens is 2. The Labute approximate surface area is 129 Å². The number of hydrogen-bond donors (Lipinski definition) is 2. The number of rotatable bonds is 5.